The zero-order chi connectivity index (χ0) is 17.3. The van der Waals surface area contributed by atoms with Gasteiger partial charge in [0.15, 0.2) is 0 Å². The van der Waals surface area contributed by atoms with E-state index in [2.05, 4.69) is 10.2 Å². The predicted octanol–water partition coefficient (Wildman–Crippen LogP) is 3.08. The molecule has 1 amide bonds. The molecule has 0 unspecified atom stereocenters. The van der Waals surface area contributed by atoms with Crippen molar-refractivity contribution in [2.45, 2.75) is 12.3 Å². The molecule has 0 aromatic heterocycles. The molecule has 2 aromatic rings. The smallest absolute Gasteiger partial charge is 0.232 e. The molecule has 1 saturated heterocycles. The highest BCUT2D eigenvalue weighted by atomic mass is 35.5. The van der Waals surface area contributed by atoms with E-state index in [1.165, 1.54) is 0 Å². The number of halogens is 1. The van der Waals surface area contributed by atoms with Crippen LogP contribution in [-0.4, -0.2) is 50.2 Å². The van der Waals surface area contributed by atoms with Gasteiger partial charge in [-0.3, -0.25) is 9.69 Å². The highest BCUT2D eigenvalue weighted by molar-refractivity contribution is 5.87. The van der Waals surface area contributed by atoms with Crippen LogP contribution in [0.2, 0.25) is 0 Å². The van der Waals surface area contributed by atoms with E-state index in [1.54, 1.807) is 0 Å². The van der Waals surface area contributed by atoms with Crippen LogP contribution in [0.3, 0.4) is 0 Å². The van der Waals surface area contributed by atoms with Gasteiger partial charge in [-0.1, -0.05) is 60.7 Å². The molecule has 1 aliphatic heterocycles. The number of ether oxygens (including phenoxy) is 1. The summed E-state index contributed by atoms with van der Waals surface area (Å²) in [6.07, 6.45) is 0.960. The Morgan fingerprint density at radius 2 is 1.50 bits per heavy atom. The lowest BCUT2D eigenvalue weighted by molar-refractivity contribution is -0.121. The lowest BCUT2D eigenvalue weighted by Crippen LogP contribution is -2.38. The van der Waals surface area contributed by atoms with Gasteiger partial charge >= 0.3 is 0 Å². The van der Waals surface area contributed by atoms with E-state index < -0.39 is 0 Å². The Balaban J connectivity index is 0.00000243. The Hall–Kier alpha value is -1.88. The maximum absolute atomic E-state index is 12.9. The zero-order valence-corrected chi connectivity index (χ0v) is 15.8. The second-order valence-electron chi connectivity index (χ2n) is 6.35. The van der Waals surface area contributed by atoms with Crippen LogP contribution in [0.4, 0.5) is 0 Å². The summed E-state index contributed by atoms with van der Waals surface area (Å²) >= 11 is 0. The topological polar surface area (TPSA) is 41.6 Å². The number of hydrogen-bond acceptors (Lipinski definition) is 3. The summed E-state index contributed by atoms with van der Waals surface area (Å²) in [6, 6.07) is 20.0. The van der Waals surface area contributed by atoms with Crippen molar-refractivity contribution in [2.24, 2.45) is 0 Å². The van der Waals surface area contributed by atoms with Gasteiger partial charge in [0, 0.05) is 19.6 Å². The third-order valence-electron chi connectivity index (χ3n) is 4.58. The van der Waals surface area contributed by atoms with Crippen molar-refractivity contribution in [3.05, 3.63) is 71.8 Å². The van der Waals surface area contributed by atoms with Gasteiger partial charge in [-0.05, 0) is 24.1 Å². The Labute approximate surface area is 162 Å². The standard InChI is InChI=1S/C21H26N2O2.ClH/c24-21(22-12-7-13-23-14-16-25-17-15-23)20(18-8-3-1-4-9-18)19-10-5-2-6-11-19;/h1-6,8-11,20H,7,12-17H2,(H,22,24);1H. The van der Waals surface area contributed by atoms with Crippen LogP contribution in [0.15, 0.2) is 60.7 Å². The van der Waals surface area contributed by atoms with Crippen LogP contribution in [0.25, 0.3) is 0 Å². The highest BCUT2D eigenvalue weighted by Gasteiger charge is 2.22. The molecule has 1 fully saturated rings. The Morgan fingerprint density at radius 1 is 0.962 bits per heavy atom. The summed E-state index contributed by atoms with van der Waals surface area (Å²) in [4.78, 5) is 15.2. The number of nitrogens with zero attached hydrogens (tertiary/aromatic N) is 1. The quantitative estimate of drug-likeness (QED) is 0.757. The van der Waals surface area contributed by atoms with E-state index in [0.717, 1.165) is 50.4 Å². The van der Waals surface area contributed by atoms with Gasteiger partial charge in [-0.15, -0.1) is 12.4 Å². The van der Waals surface area contributed by atoms with Crippen LogP contribution in [0, 0.1) is 0 Å². The summed E-state index contributed by atoms with van der Waals surface area (Å²) in [6.45, 7) is 5.32. The molecule has 5 heteroatoms. The van der Waals surface area contributed by atoms with E-state index in [9.17, 15) is 4.79 Å². The summed E-state index contributed by atoms with van der Waals surface area (Å²) in [5.41, 5.74) is 2.05. The molecule has 26 heavy (non-hydrogen) atoms. The first kappa shape index (κ1) is 20.4. The molecule has 0 atom stereocenters. The first-order valence-electron chi connectivity index (χ1n) is 9.02. The number of morpholine rings is 1. The van der Waals surface area contributed by atoms with Crippen molar-refractivity contribution in [1.29, 1.82) is 0 Å². The molecule has 1 heterocycles. The lowest BCUT2D eigenvalue weighted by atomic mass is 9.90. The van der Waals surface area contributed by atoms with Crippen LogP contribution in [-0.2, 0) is 9.53 Å². The Kier molecular flexibility index (Phi) is 8.62. The first-order chi connectivity index (χ1) is 12.3. The largest absolute Gasteiger partial charge is 0.379 e. The third kappa shape index (κ3) is 5.84. The maximum atomic E-state index is 12.9. The molecule has 1 aliphatic rings. The fraction of sp³-hybridized carbons (Fsp3) is 0.381. The lowest BCUT2D eigenvalue weighted by Gasteiger charge is -2.26. The van der Waals surface area contributed by atoms with E-state index in [-0.39, 0.29) is 24.2 Å². The minimum Gasteiger partial charge on any atom is -0.379 e. The molecule has 1 N–H and O–H groups in total. The highest BCUT2D eigenvalue weighted by Crippen LogP contribution is 2.24. The number of rotatable bonds is 7. The molecule has 0 aliphatic carbocycles. The number of hydrogen-bond donors (Lipinski definition) is 1. The zero-order valence-electron chi connectivity index (χ0n) is 15.0. The average molecular weight is 375 g/mol. The van der Waals surface area contributed by atoms with Crippen LogP contribution >= 0.6 is 12.4 Å². The number of carbonyl (C=O) groups is 1. The number of benzene rings is 2. The molecular weight excluding hydrogens is 348 g/mol. The minimum atomic E-state index is -0.259. The van der Waals surface area contributed by atoms with Gasteiger partial charge in [-0.25, -0.2) is 0 Å². The van der Waals surface area contributed by atoms with E-state index in [1.807, 2.05) is 60.7 Å². The molecule has 0 saturated carbocycles. The first-order valence-corrected chi connectivity index (χ1v) is 9.02. The summed E-state index contributed by atoms with van der Waals surface area (Å²) in [5.74, 6) is -0.190. The molecule has 0 radical (unpaired) electrons. The normalized spacial score (nSPS) is 14.7. The monoisotopic (exact) mass is 374 g/mol. The fourth-order valence-corrected chi connectivity index (χ4v) is 3.23. The van der Waals surface area contributed by atoms with Crippen molar-refractivity contribution < 1.29 is 9.53 Å². The molecule has 4 nitrogen and oxygen atoms in total. The Morgan fingerprint density at radius 3 is 2.04 bits per heavy atom. The maximum Gasteiger partial charge on any atom is 0.232 e. The van der Waals surface area contributed by atoms with Crippen molar-refractivity contribution in [2.75, 3.05) is 39.4 Å². The number of amides is 1. The van der Waals surface area contributed by atoms with Crippen LogP contribution in [0.1, 0.15) is 23.5 Å². The second kappa shape index (κ2) is 11.0. The van der Waals surface area contributed by atoms with Gasteiger partial charge in [0.25, 0.3) is 0 Å². The van der Waals surface area contributed by atoms with Crippen LogP contribution in [0.5, 0.6) is 0 Å². The summed E-state index contributed by atoms with van der Waals surface area (Å²) in [7, 11) is 0. The van der Waals surface area contributed by atoms with Crippen LogP contribution < -0.4 is 5.32 Å². The van der Waals surface area contributed by atoms with E-state index in [0.29, 0.717) is 6.54 Å². The van der Waals surface area contributed by atoms with Gasteiger partial charge in [0.2, 0.25) is 5.91 Å². The SMILES string of the molecule is Cl.O=C(NCCCN1CCOCC1)C(c1ccccc1)c1ccccc1. The van der Waals surface area contributed by atoms with Gasteiger partial charge in [-0.2, -0.15) is 0 Å². The average Bonchev–Trinajstić information content (AvgIpc) is 2.68. The predicted molar refractivity (Wildman–Crippen MR) is 107 cm³/mol. The minimum absolute atomic E-state index is 0. The molecule has 2 aromatic carbocycles. The number of nitrogens with one attached hydrogen (secondary N) is 1. The van der Waals surface area contributed by atoms with Crippen molar-refractivity contribution in [1.82, 2.24) is 10.2 Å². The van der Waals surface area contributed by atoms with Gasteiger partial charge < -0.3 is 10.1 Å². The van der Waals surface area contributed by atoms with Crippen molar-refractivity contribution in [3.63, 3.8) is 0 Å². The van der Waals surface area contributed by atoms with Gasteiger partial charge in [0.05, 0.1) is 19.1 Å². The van der Waals surface area contributed by atoms with Crippen molar-refractivity contribution >= 4 is 18.3 Å². The van der Waals surface area contributed by atoms with Gasteiger partial charge in [0.1, 0.15) is 0 Å². The Bertz CT molecular complexity index is 606. The molecular formula is C21H27ClN2O2. The summed E-state index contributed by atoms with van der Waals surface area (Å²) in [5, 5.41) is 3.12. The van der Waals surface area contributed by atoms with E-state index in [4.69, 9.17) is 4.74 Å². The molecule has 0 spiro atoms. The second-order valence-corrected chi connectivity index (χ2v) is 6.35. The van der Waals surface area contributed by atoms with E-state index >= 15 is 0 Å². The van der Waals surface area contributed by atoms with Crippen molar-refractivity contribution in [3.8, 4) is 0 Å². The molecule has 140 valence electrons. The molecule has 3 rings (SSSR count). The molecule has 0 bridgehead atoms. The fourth-order valence-electron chi connectivity index (χ4n) is 3.23. The third-order valence-corrected chi connectivity index (χ3v) is 4.58. The summed E-state index contributed by atoms with van der Waals surface area (Å²) < 4.78 is 5.36. The number of carbonyl (C=O) groups excluding carboxylic acids is 1.